The number of nitrogens with one attached hydrogen (secondary N) is 1. The molecule has 0 spiro atoms. The highest BCUT2D eigenvalue weighted by Crippen LogP contribution is 2.27. The molecule has 4 nitrogen and oxygen atoms in total. The molecule has 2 heterocycles. The fourth-order valence-electron chi connectivity index (χ4n) is 2.35. The van der Waals surface area contributed by atoms with Crippen LogP contribution in [-0.2, 0) is 4.74 Å². The summed E-state index contributed by atoms with van der Waals surface area (Å²) in [7, 11) is 0. The lowest BCUT2D eigenvalue weighted by Crippen LogP contribution is -2.35. The van der Waals surface area contributed by atoms with E-state index < -0.39 is 5.60 Å². The Balaban J connectivity index is 1.97. The molecule has 0 saturated carbocycles. The van der Waals surface area contributed by atoms with Crippen LogP contribution in [0.5, 0.6) is 0 Å². The Morgan fingerprint density at radius 1 is 1.53 bits per heavy atom. The van der Waals surface area contributed by atoms with Crippen molar-refractivity contribution in [3.05, 3.63) is 11.6 Å². The van der Waals surface area contributed by atoms with Crippen molar-refractivity contribution in [2.45, 2.75) is 32.8 Å². The minimum Gasteiger partial charge on any atom is -0.444 e. The first-order chi connectivity index (χ1) is 7.96. The number of carbonyl (C=O) groups is 1. The van der Waals surface area contributed by atoms with Crippen molar-refractivity contribution < 1.29 is 9.53 Å². The lowest BCUT2D eigenvalue weighted by molar-refractivity contribution is 0.0290. The molecule has 1 amide bonds. The molecule has 1 atom stereocenters. The zero-order chi connectivity index (χ0) is 12.5. The largest absolute Gasteiger partial charge is 0.444 e. The highest BCUT2D eigenvalue weighted by atomic mass is 16.6. The van der Waals surface area contributed by atoms with Crippen molar-refractivity contribution in [2.24, 2.45) is 5.92 Å². The third-order valence-corrected chi connectivity index (χ3v) is 3.17. The van der Waals surface area contributed by atoms with Gasteiger partial charge in [0.15, 0.2) is 0 Å². The zero-order valence-electron chi connectivity index (χ0n) is 11.0. The number of likely N-dealkylation sites (tertiary alicyclic amines) is 1. The van der Waals surface area contributed by atoms with Crippen LogP contribution in [0.4, 0.5) is 4.79 Å². The summed E-state index contributed by atoms with van der Waals surface area (Å²) >= 11 is 0. The monoisotopic (exact) mass is 238 g/mol. The number of rotatable bonds is 0. The molecular formula is C13H22N2O2. The summed E-state index contributed by atoms with van der Waals surface area (Å²) in [6.45, 7) is 9.22. The van der Waals surface area contributed by atoms with Gasteiger partial charge in [-0.15, -0.1) is 0 Å². The Kier molecular flexibility index (Phi) is 3.43. The minimum absolute atomic E-state index is 0.181. The molecule has 0 radical (unpaired) electrons. The average molecular weight is 238 g/mol. The van der Waals surface area contributed by atoms with Crippen LogP contribution >= 0.6 is 0 Å². The number of fused-ring (bicyclic) bond motifs is 1. The van der Waals surface area contributed by atoms with E-state index in [-0.39, 0.29) is 6.09 Å². The fourth-order valence-corrected chi connectivity index (χ4v) is 2.35. The third-order valence-electron chi connectivity index (χ3n) is 3.17. The van der Waals surface area contributed by atoms with Gasteiger partial charge in [-0.3, -0.25) is 0 Å². The number of ether oxygens (including phenoxy) is 1. The molecule has 1 fully saturated rings. The van der Waals surface area contributed by atoms with Crippen LogP contribution in [0.15, 0.2) is 11.6 Å². The van der Waals surface area contributed by atoms with Crippen LogP contribution in [0.3, 0.4) is 0 Å². The van der Waals surface area contributed by atoms with Crippen molar-refractivity contribution in [1.82, 2.24) is 10.2 Å². The van der Waals surface area contributed by atoms with E-state index in [0.717, 1.165) is 32.6 Å². The first-order valence-corrected chi connectivity index (χ1v) is 6.33. The number of hydrogen-bond donors (Lipinski definition) is 1. The summed E-state index contributed by atoms with van der Waals surface area (Å²) in [6.07, 6.45) is 3.16. The molecule has 1 saturated heterocycles. The van der Waals surface area contributed by atoms with E-state index in [1.54, 1.807) is 0 Å². The van der Waals surface area contributed by atoms with Crippen molar-refractivity contribution in [1.29, 1.82) is 0 Å². The lowest BCUT2D eigenvalue weighted by Gasteiger charge is -2.24. The Morgan fingerprint density at radius 2 is 2.29 bits per heavy atom. The number of amides is 1. The normalized spacial score (nSPS) is 25.0. The molecule has 17 heavy (non-hydrogen) atoms. The summed E-state index contributed by atoms with van der Waals surface area (Å²) < 4.78 is 5.40. The molecule has 4 heteroatoms. The Bertz CT molecular complexity index is 331. The maximum Gasteiger partial charge on any atom is 0.410 e. The number of carbonyl (C=O) groups excluding carboxylic acids is 1. The Hall–Kier alpha value is -1.03. The highest BCUT2D eigenvalue weighted by molar-refractivity contribution is 5.69. The first-order valence-electron chi connectivity index (χ1n) is 6.33. The molecule has 2 aliphatic heterocycles. The van der Waals surface area contributed by atoms with Crippen LogP contribution in [0, 0.1) is 5.92 Å². The van der Waals surface area contributed by atoms with Gasteiger partial charge in [0, 0.05) is 25.6 Å². The van der Waals surface area contributed by atoms with Gasteiger partial charge in [-0.05, 0) is 39.3 Å². The smallest absolute Gasteiger partial charge is 0.410 e. The molecule has 0 aromatic carbocycles. The topological polar surface area (TPSA) is 41.6 Å². The molecule has 0 bridgehead atoms. The van der Waals surface area contributed by atoms with E-state index >= 15 is 0 Å². The Labute approximate surface area is 103 Å². The van der Waals surface area contributed by atoms with Gasteiger partial charge in [-0.25, -0.2) is 4.79 Å². The summed E-state index contributed by atoms with van der Waals surface area (Å²) in [4.78, 5) is 13.8. The third kappa shape index (κ3) is 3.22. The molecule has 0 aromatic rings. The standard InChI is InChI=1S/C13H22N2O2/c1-13(2,3)17-12(16)15-8-10-4-6-14-7-5-11(10)9-15/h4,11,14H,5-9H2,1-3H3. The van der Waals surface area contributed by atoms with E-state index in [9.17, 15) is 4.79 Å². The second-order valence-corrected chi connectivity index (χ2v) is 5.83. The van der Waals surface area contributed by atoms with Crippen LogP contribution in [0.1, 0.15) is 27.2 Å². The molecule has 1 N–H and O–H groups in total. The van der Waals surface area contributed by atoms with Crippen molar-refractivity contribution in [3.63, 3.8) is 0 Å². The summed E-state index contributed by atoms with van der Waals surface area (Å²) in [5.41, 5.74) is 0.985. The van der Waals surface area contributed by atoms with Gasteiger partial charge in [-0.2, -0.15) is 0 Å². The predicted molar refractivity (Wildman–Crippen MR) is 66.9 cm³/mol. The number of hydrogen-bond acceptors (Lipinski definition) is 3. The average Bonchev–Trinajstić information content (AvgIpc) is 2.48. The zero-order valence-corrected chi connectivity index (χ0v) is 11.0. The van der Waals surface area contributed by atoms with Gasteiger partial charge < -0.3 is 15.0 Å². The molecule has 2 aliphatic rings. The van der Waals surface area contributed by atoms with E-state index in [1.807, 2.05) is 25.7 Å². The first kappa shape index (κ1) is 12.4. The number of nitrogens with zero attached hydrogens (tertiary/aromatic N) is 1. The van der Waals surface area contributed by atoms with E-state index in [4.69, 9.17) is 4.74 Å². The quantitative estimate of drug-likeness (QED) is 0.654. The van der Waals surface area contributed by atoms with Gasteiger partial charge in [0.2, 0.25) is 0 Å². The SMILES string of the molecule is CC(C)(C)OC(=O)N1CC2=CCNCCC2C1. The maximum atomic E-state index is 12.0. The van der Waals surface area contributed by atoms with Crippen molar-refractivity contribution in [3.8, 4) is 0 Å². The molecular weight excluding hydrogens is 216 g/mol. The molecule has 96 valence electrons. The second kappa shape index (κ2) is 4.69. The van der Waals surface area contributed by atoms with Gasteiger partial charge in [0.1, 0.15) is 5.60 Å². The predicted octanol–water partition coefficient (Wildman–Crippen LogP) is 1.77. The van der Waals surface area contributed by atoms with E-state index in [0.29, 0.717) is 5.92 Å². The molecule has 1 unspecified atom stereocenters. The maximum absolute atomic E-state index is 12.0. The highest BCUT2D eigenvalue weighted by Gasteiger charge is 2.33. The molecule has 2 rings (SSSR count). The van der Waals surface area contributed by atoms with Crippen molar-refractivity contribution >= 4 is 6.09 Å². The molecule has 0 aromatic heterocycles. The fraction of sp³-hybridized carbons (Fsp3) is 0.769. The van der Waals surface area contributed by atoms with Gasteiger partial charge in [-0.1, -0.05) is 6.08 Å². The second-order valence-electron chi connectivity index (χ2n) is 5.83. The molecule has 0 aliphatic carbocycles. The minimum atomic E-state index is -0.405. The van der Waals surface area contributed by atoms with Crippen molar-refractivity contribution in [2.75, 3.05) is 26.2 Å². The van der Waals surface area contributed by atoms with Gasteiger partial charge in [0.05, 0.1) is 0 Å². The summed E-state index contributed by atoms with van der Waals surface area (Å²) in [5.74, 6) is 0.525. The lowest BCUT2D eigenvalue weighted by atomic mass is 10.0. The summed E-state index contributed by atoms with van der Waals surface area (Å²) in [6, 6.07) is 0. The van der Waals surface area contributed by atoms with Gasteiger partial charge in [0.25, 0.3) is 0 Å². The van der Waals surface area contributed by atoms with Crippen LogP contribution in [-0.4, -0.2) is 42.8 Å². The van der Waals surface area contributed by atoms with Crippen LogP contribution in [0.2, 0.25) is 0 Å². The van der Waals surface area contributed by atoms with Crippen LogP contribution in [0.25, 0.3) is 0 Å². The van der Waals surface area contributed by atoms with Crippen LogP contribution < -0.4 is 5.32 Å². The summed E-state index contributed by atoms with van der Waals surface area (Å²) in [5, 5.41) is 3.35. The van der Waals surface area contributed by atoms with E-state index in [1.165, 1.54) is 5.57 Å². The van der Waals surface area contributed by atoms with E-state index in [2.05, 4.69) is 11.4 Å². The Morgan fingerprint density at radius 3 is 3.00 bits per heavy atom. The van der Waals surface area contributed by atoms with Gasteiger partial charge >= 0.3 is 6.09 Å².